The molecule has 0 aliphatic rings. The van der Waals surface area contributed by atoms with Crippen molar-refractivity contribution in [2.75, 3.05) is 7.11 Å². The van der Waals surface area contributed by atoms with E-state index in [1.807, 2.05) is 18.8 Å². The van der Waals surface area contributed by atoms with Gasteiger partial charge in [0.1, 0.15) is 5.75 Å². The molecule has 0 radical (unpaired) electrons. The summed E-state index contributed by atoms with van der Waals surface area (Å²) >= 11 is 5.50. The zero-order valence-corrected chi connectivity index (χ0v) is 21.4. The van der Waals surface area contributed by atoms with E-state index in [-0.39, 0.29) is 28.9 Å². The van der Waals surface area contributed by atoms with Gasteiger partial charge < -0.3 is 19.0 Å². The first-order valence-corrected chi connectivity index (χ1v) is 11.7. The third kappa shape index (κ3) is 10.6. The van der Waals surface area contributed by atoms with Crippen molar-refractivity contribution in [1.29, 1.82) is 0 Å². The number of pyridine rings is 1. The first-order valence-electron chi connectivity index (χ1n) is 11.3. The molecule has 0 spiro atoms. The Morgan fingerprint density at radius 2 is 1.77 bits per heavy atom. The van der Waals surface area contributed by atoms with Gasteiger partial charge in [0.15, 0.2) is 11.3 Å². The Bertz CT molecular complexity index is 1130. The number of ether oxygens (including phenoxy) is 2. The fourth-order valence-corrected chi connectivity index (χ4v) is 3.14. The molecule has 0 aliphatic carbocycles. The lowest BCUT2D eigenvalue weighted by Gasteiger charge is -2.18. The molecule has 0 amide bonds. The Morgan fingerprint density at radius 1 is 1.14 bits per heavy atom. The van der Waals surface area contributed by atoms with Crippen LogP contribution in [-0.4, -0.2) is 34.3 Å². The number of carbonyl (C=O) groups excluding carboxylic acids is 1. The van der Waals surface area contributed by atoms with Crippen LogP contribution in [0.2, 0.25) is 5.02 Å². The fourth-order valence-electron chi connectivity index (χ4n) is 3.01. The largest absolute Gasteiger partial charge is 0.508 e. The van der Waals surface area contributed by atoms with Crippen molar-refractivity contribution < 1.29 is 23.8 Å². The number of aromatic nitrogens is 2. The molecule has 2 heterocycles. The van der Waals surface area contributed by atoms with Gasteiger partial charge >= 0.3 is 11.7 Å². The van der Waals surface area contributed by atoms with E-state index < -0.39 is 11.3 Å². The number of hydrogen-bond donors (Lipinski definition) is 2. The Balaban J connectivity index is 0.000000272. The number of phenolic OH excluding ortho intramolecular Hbond substituents is 1. The molecule has 3 rings (SSSR count). The number of nitrogens with one attached hydrogen (secondary N) is 1. The number of benzene rings is 1. The van der Waals surface area contributed by atoms with Gasteiger partial charge in [-0.05, 0) is 43.5 Å². The van der Waals surface area contributed by atoms with Crippen LogP contribution in [0.4, 0.5) is 0 Å². The minimum absolute atomic E-state index is 0.0453. The maximum Gasteiger partial charge on any atom is 0.419 e. The number of fused-ring (bicyclic) bond motifs is 1. The highest BCUT2D eigenvalue weighted by Crippen LogP contribution is 2.19. The van der Waals surface area contributed by atoms with Crippen molar-refractivity contribution in [2.45, 2.75) is 59.5 Å². The lowest BCUT2D eigenvalue weighted by atomic mass is 9.97. The van der Waals surface area contributed by atoms with E-state index in [2.05, 4.69) is 18.8 Å². The van der Waals surface area contributed by atoms with Crippen molar-refractivity contribution >= 4 is 28.7 Å². The summed E-state index contributed by atoms with van der Waals surface area (Å²) in [6.45, 7) is 8.17. The van der Waals surface area contributed by atoms with Gasteiger partial charge in [-0.3, -0.25) is 14.6 Å². The van der Waals surface area contributed by atoms with Crippen LogP contribution >= 0.6 is 11.6 Å². The summed E-state index contributed by atoms with van der Waals surface area (Å²) < 4.78 is 14.9. The van der Waals surface area contributed by atoms with E-state index in [1.54, 1.807) is 24.3 Å². The Labute approximate surface area is 209 Å². The van der Waals surface area contributed by atoms with Crippen LogP contribution in [0.15, 0.2) is 50.5 Å². The van der Waals surface area contributed by atoms with Crippen LogP contribution in [0.1, 0.15) is 53.4 Å². The fraction of sp³-hybridized carbons (Fsp3) is 0.440. The molecule has 2 aromatic heterocycles. The predicted molar refractivity (Wildman–Crippen MR) is 135 cm³/mol. The van der Waals surface area contributed by atoms with E-state index in [4.69, 9.17) is 30.6 Å². The van der Waals surface area contributed by atoms with Crippen LogP contribution in [0.3, 0.4) is 0 Å². The Morgan fingerprint density at radius 3 is 2.29 bits per heavy atom. The molecule has 3 aromatic rings. The number of rotatable bonds is 7. The van der Waals surface area contributed by atoms with Crippen LogP contribution in [0.5, 0.6) is 11.5 Å². The zero-order chi connectivity index (χ0) is 26.4. The molecule has 1 unspecified atom stereocenters. The normalized spacial score (nSPS) is 11.1. The number of phenols is 1. The molecular formula is C25H33ClN2O7. The van der Waals surface area contributed by atoms with E-state index >= 15 is 0 Å². The van der Waals surface area contributed by atoms with Gasteiger partial charge in [-0.15, -0.1) is 0 Å². The molecule has 35 heavy (non-hydrogen) atoms. The summed E-state index contributed by atoms with van der Waals surface area (Å²) in [5.74, 6) is 0.333. The van der Waals surface area contributed by atoms with E-state index in [9.17, 15) is 14.4 Å². The second-order valence-corrected chi connectivity index (χ2v) is 8.02. The number of nitrogens with zero attached hydrogens (tertiary/aromatic N) is 1. The van der Waals surface area contributed by atoms with E-state index in [0.717, 1.165) is 6.42 Å². The lowest BCUT2D eigenvalue weighted by Crippen LogP contribution is -2.19. The highest BCUT2D eigenvalue weighted by Gasteiger charge is 2.12. The molecular weight excluding hydrogens is 476 g/mol. The molecule has 0 fully saturated rings. The van der Waals surface area contributed by atoms with E-state index in [0.29, 0.717) is 23.1 Å². The molecule has 0 saturated carbocycles. The minimum Gasteiger partial charge on any atom is -0.508 e. The highest BCUT2D eigenvalue weighted by atomic mass is 35.5. The summed E-state index contributed by atoms with van der Waals surface area (Å²) in [4.78, 5) is 38.8. The SMILES string of the molecule is CCC(=O)OC(C)CC(CC)CC.COc1ccnc2c(=O)[nH]c(=O)oc12.Oc1ccc(Cl)cc1. The molecule has 1 aromatic carbocycles. The number of methoxy groups -OCH3 is 1. The predicted octanol–water partition coefficient (Wildman–Crippen LogP) is 5.08. The molecule has 0 saturated heterocycles. The highest BCUT2D eigenvalue weighted by molar-refractivity contribution is 6.30. The number of carbonyl (C=O) groups is 1. The van der Waals surface area contributed by atoms with Gasteiger partial charge in [-0.2, -0.15) is 0 Å². The molecule has 192 valence electrons. The van der Waals surface area contributed by atoms with Crippen LogP contribution in [0, 0.1) is 5.92 Å². The van der Waals surface area contributed by atoms with Gasteiger partial charge in [0.25, 0.3) is 5.56 Å². The second kappa shape index (κ2) is 15.5. The molecule has 1 atom stereocenters. The third-order valence-corrected chi connectivity index (χ3v) is 5.23. The average molecular weight is 509 g/mol. The number of halogens is 1. The number of esters is 1. The van der Waals surface area contributed by atoms with Crippen molar-refractivity contribution in [3.05, 3.63) is 62.5 Å². The summed E-state index contributed by atoms with van der Waals surface area (Å²) in [7, 11) is 1.41. The van der Waals surface area contributed by atoms with Gasteiger partial charge in [0.2, 0.25) is 5.58 Å². The second-order valence-electron chi connectivity index (χ2n) is 7.58. The van der Waals surface area contributed by atoms with Crippen molar-refractivity contribution in [3.63, 3.8) is 0 Å². The molecule has 2 N–H and O–H groups in total. The summed E-state index contributed by atoms with van der Waals surface area (Å²) in [6, 6.07) is 7.86. The first kappa shape index (κ1) is 29.7. The number of aromatic hydroxyl groups is 1. The van der Waals surface area contributed by atoms with Crippen LogP contribution < -0.4 is 16.1 Å². The summed E-state index contributed by atoms with van der Waals surface area (Å²) in [5.41, 5.74) is -0.483. The van der Waals surface area contributed by atoms with E-state index in [1.165, 1.54) is 32.2 Å². The van der Waals surface area contributed by atoms with Gasteiger partial charge in [-0.1, -0.05) is 45.2 Å². The average Bonchev–Trinajstić information content (AvgIpc) is 2.84. The maximum absolute atomic E-state index is 11.2. The van der Waals surface area contributed by atoms with Crippen LogP contribution in [0.25, 0.3) is 11.1 Å². The number of aromatic amines is 1. The molecule has 0 bridgehead atoms. The van der Waals surface area contributed by atoms with Crippen LogP contribution in [-0.2, 0) is 9.53 Å². The van der Waals surface area contributed by atoms with Crippen molar-refractivity contribution in [3.8, 4) is 11.5 Å². The quantitative estimate of drug-likeness (QED) is 0.422. The first-order chi connectivity index (χ1) is 16.6. The Kier molecular flexibility index (Phi) is 13.2. The maximum atomic E-state index is 11.2. The van der Waals surface area contributed by atoms with Gasteiger partial charge in [-0.25, -0.2) is 9.78 Å². The number of H-pyrrole nitrogens is 1. The standard InChI is InChI=1S/C11H22O2.C8H6N2O4.C6H5ClO/c1-5-10(6-2)8-9(4)13-11(12)7-3;1-13-4-2-3-9-5-6(4)14-8(12)10-7(5)11;7-5-1-3-6(8)4-2-5/h9-10H,5-8H2,1-4H3;2-3H,1H3,(H,10,11,12);1-4,8H. The Hall–Kier alpha value is -3.33. The molecule has 10 heteroatoms. The number of hydrogen-bond acceptors (Lipinski definition) is 8. The van der Waals surface area contributed by atoms with Gasteiger partial charge in [0, 0.05) is 23.7 Å². The smallest absolute Gasteiger partial charge is 0.419 e. The van der Waals surface area contributed by atoms with Crippen molar-refractivity contribution in [1.82, 2.24) is 9.97 Å². The third-order valence-electron chi connectivity index (χ3n) is 4.98. The summed E-state index contributed by atoms with van der Waals surface area (Å²) in [5, 5.41) is 9.34. The monoisotopic (exact) mass is 508 g/mol. The molecule has 9 nitrogen and oxygen atoms in total. The molecule has 0 aliphatic heterocycles. The summed E-state index contributed by atoms with van der Waals surface area (Å²) in [6.07, 6.45) is 5.30. The zero-order valence-electron chi connectivity index (χ0n) is 20.7. The lowest BCUT2D eigenvalue weighted by molar-refractivity contribution is -0.148. The topological polar surface area (TPSA) is 132 Å². The van der Waals surface area contributed by atoms with Gasteiger partial charge in [0.05, 0.1) is 13.2 Å². The van der Waals surface area contributed by atoms with Crippen molar-refractivity contribution in [2.24, 2.45) is 5.92 Å². The minimum atomic E-state index is -0.825.